The maximum Gasteiger partial charge on any atom is 0.254 e. The van der Waals surface area contributed by atoms with E-state index < -0.39 is 5.54 Å². The molecule has 6 heteroatoms. The Hall–Kier alpha value is -1.59. The van der Waals surface area contributed by atoms with Gasteiger partial charge in [-0.05, 0) is 56.8 Å². The molecule has 0 spiro atoms. The molecule has 3 N–H and O–H groups in total. The van der Waals surface area contributed by atoms with E-state index in [1.165, 1.54) is 37.0 Å². The van der Waals surface area contributed by atoms with Gasteiger partial charge in [0.2, 0.25) is 0 Å². The molecular formula is C19H32N4O2. The molecule has 0 aromatic rings. The summed E-state index contributed by atoms with van der Waals surface area (Å²) in [6, 6.07) is 0. The number of oxime groups is 1. The summed E-state index contributed by atoms with van der Waals surface area (Å²) in [5.74, 6) is 1.34. The van der Waals surface area contributed by atoms with Crippen molar-refractivity contribution in [3.05, 3.63) is 0 Å². The van der Waals surface area contributed by atoms with E-state index >= 15 is 0 Å². The standard InChI is InChI=1S/C19H32N4O2/c1-23-17(24)19(21-18(23)20,11-10-14-6-3-2-4-7-14)13-15-8-5-9-16(12-15)22-25/h14-15,25H,2-13H2,1H3,(H2,20,21)/t15-,19-/m1/s1. The van der Waals surface area contributed by atoms with Gasteiger partial charge in [0.15, 0.2) is 5.96 Å². The topological polar surface area (TPSA) is 88.8 Å². The second-order valence-corrected chi connectivity index (χ2v) is 8.30. The van der Waals surface area contributed by atoms with Gasteiger partial charge >= 0.3 is 0 Å². The molecule has 0 bridgehead atoms. The second kappa shape index (κ2) is 7.75. The van der Waals surface area contributed by atoms with E-state index in [9.17, 15) is 4.79 Å². The molecule has 1 aliphatic heterocycles. The van der Waals surface area contributed by atoms with Crippen LogP contribution in [0.2, 0.25) is 0 Å². The first-order valence-electron chi connectivity index (χ1n) is 9.89. The normalized spacial score (nSPS) is 33.1. The highest BCUT2D eigenvalue weighted by Crippen LogP contribution is 2.37. The summed E-state index contributed by atoms with van der Waals surface area (Å²) in [5.41, 5.74) is 0.221. The molecule has 3 rings (SSSR count). The molecule has 3 fully saturated rings. The van der Waals surface area contributed by atoms with Crippen LogP contribution in [-0.4, -0.2) is 40.3 Å². The maximum absolute atomic E-state index is 13.0. The Morgan fingerprint density at radius 1 is 1.24 bits per heavy atom. The van der Waals surface area contributed by atoms with Crippen LogP contribution >= 0.6 is 0 Å². The fourth-order valence-corrected chi connectivity index (χ4v) is 5.01. The molecule has 1 amide bonds. The summed E-state index contributed by atoms with van der Waals surface area (Å²) in [7, 11) is 1.70. The van der Waals surface area contributed by atoms with Crippen LogP contribution in [0.3, 0.4) is 0 Å². The van der Waals surface area contributed by atoms with Crippen LogP contribution in [0, 0.1) is 17.2 Å². The average Bonchev–Trinajstić information content (AvgIpc) is 2.85. The average molecular weight is 348 g/mol. The minimum Gasteiger partial charge on any atom is -0.411 e. The van der Waals surface area contributed by atoms with Crippen LogP contribution in [-0.2, 0) is 4.79 Å². The van der Waals surface area contributed by atoms with Gasteiger partial charge in [-0.1, -0.05) is 37.3 Å². The Balaban J connectivity index is 1.70. The molecule has 1 heterocycles. The van der Waals surface area contributed by atoms with Crippen molar-refractivity contribution < 1.29 is 10.0 Å². The van der Waals surface area contributed by atoms with Crippen LogP contribution in [0.1, 0.15) is 77.0 Å². The maximum atomic E-state index is 13.0. The highest BCUT2D eigenvalue weighted by molar-refractivity contribution is 6.07. The van der Waals surface area contributed by atoms with E-state index in [0.717, 1.165) is 56.6 Å². The van der Waals surface area contributed by atoms with E-state index in [4.69, 9.17) is 10.6 Å². The summed E-state index contributed by atoms with van der Waals surface area (Å²) >= 11 is 0. The van der Waals surface area contributed by atoms with E-state index in [1.54, 1.807) is 7.05 Å². The molecular weight excluding hydrogens is 316 g/mol. The number of carbonyl (C=O) groups is 1. The summed E-state index contributed by atoms with van der Waals surface area (Å²) in [5, 5.41) is 23.9. The highest BCUT2D eigenvalue weighted by Gasteiger charge is 2.49. The van der Waals surface area contributed by atoms with Crippen LogP contribution < -0.4 is 5.32 Å². The van der Waals surface area contributed by atoms with Crippen molar-refractivity contribution >= 4 is 17.6 Å². The van der Waals surface area contributed by atoms with Crippen molar-refractivity contribution in [1.82, 2.24) is 10.2 Å². The summed E-state index contributed by atoms with van der Waals surface area (Å²) in [4.78, 5) is 14.4. The molecule has 1 saturated heterocycles. The third kappa shape index (κ3) is 3.98. The van der Waals surface area contributed by atoms with Crippen LogP contribution in [0.25, 0.3) is 0 Å². The summed E-state index contributed by atoms with van der Waals surface area (Å²) in [6.07, 6.45) is 12.9. The quantitative estimate of drug-likeness (QED) is 0.525. The van der Waals surface area contributed by atoms with Crippen molar-refractivity contribution in [2.24, 2.45) is 17.0 Å². The van der Waals surface area contributed by atoms with Gasteiger partial charge in [0.05, 0.1) is 5.71 Å². The van der Waals surface area contributed by atoms with E-state index in [0.29, 0.717) is 5.92 Å². The molecule has 2 saturated carbocycles. The van der Waals surface area contributed by atoms with Gasteiger partial charge < -0.3 is 10.5 Å². The smallest absolute Gasteiger partial charge is 0.254 e. The van der Waals surface area contributed by atoms with Crippen molar-refractivity contribution in [2.45, 2.75) is 82.6 Å². The first kappa shape index (κ1) is 18.2. The molecule has 140 valence electrons. The van der Waals surface area contributed by atoms with Crippen LogP contribution in [0.4, 0.5) is 0 Å². The third-order valence-electron chi connectivity index (χ3n) is 6.49. The Labute approximate surface area is 150 Å². The predicted molar refractivity (Wildman–Crippen MR) is 98.0 cm³/mol. The zero-order valence-corrected chi connectivity index (χ0v) is 15.4. The molecule has 0 aromatic heterocycles. The van der Waals surface area contributed by atoms with Gasteiger partial charge in [0, 0.05) is 7.05 Å². The Kier molecular flexibility index (Phi) is 5.64. The first-order valence-corrected chi connectivity index (χ1v) is 9.89. The largest absolute Gasteiger partial charge is 0.411 e. The predicted octanol–water partition coefficient (Wildman–Crippen LogP) is 3.49. The number of hydrogen-bond donors (Lipinski definition) is 3. The zero-order valence-electron chi connectivity index (χ0n) is 15.4. The van der Waals surface area contributed by atoms with Gasteiger partial charge in [-0.25, -0.2) is 0 Å². The number of carbonyl (C=O) groups excluding carboxylic acids is 1. The van der Waals surface area contributed by atoms with E-state index in [1.807, 2.05) is 0 Å². The Bertz CT molecular complexity index is 542. The number of nitrogens with zero attached hydrogens (tertiary/aromatic N) is 2. The van der Waals surface area contributed by atoms with Crippen molar-refractivity contribution in [2.75, 3.05) is 7.05 Å². The van der Waals surface area contributed by atoms with Gasteiger partial charge in [0.1, 0.15) is 5.54 Å². The lowest BCUT2D eigenvalue weighted by atomic mass is 9.74. The summed E-state index contributed by atoms with van der Waals surface area (Å²) in [6.45, 7) is 0. The van der Waals surface area contributed by atoms with E-state index in [2.05, 4.69) is 10.5 Å². The number of guanidine groups is 1. The summed E-state index contributed by atoms with van der Waals surface area (Å²) < 4.78 is 0. The fourth-order valence-electron chi connectivity index (χ4n) is 5.01. The lowest BCUT2D eigenvalue weighted by Crippen LogP contribution is -2.49. The van der Waals surface area contributed by atoms with Crippen molar-refractivity contribution in [1.29, 1.82) is 5.41 Å². The lowest BCUT2D eigenvalue weighted by molar-refractivity contribution is -0.131. The number of hydrogen-bond acceptors (Lipinski definition) is 4. The zero-order chi connectivity index (χ0) is 17.9. The van der Waals surface area contributed by atoms with E-state index in [-0.39, 0.29) is 11.9 Å². The minimum atomic E-state index is -0.633. The molecule has 3 aliphatic rings. The van der Waals surface area contributed by atoms with Crippen molar-refractivity contribution in [3.63, 3.8) is 0 Å². The molecule has 0 radical (unpaired) electrons. The molecule has 25 heavy (non-hydrogen) atoms. The number of amides is 1. The number of rotatable bonds is 5. The second-order valence-electron chi connectivity index (χ2n) is 8.30. The SMILES string of the molecule is CN1C(=N)N[C@](CCC2CCCCC2)(C[C@@H]2CCCC(=NO)C2)C1=O. The lowest BCUT2D eigenvalue weighted by Gasteiger charge is -2.34. The Morgan fingerprint density at radius 3 is 2.60 bits per heavy atom. The van der Waals surface area contributed by atoms with Gasteiger partial charge in [-0.2, -0.15) is 0 Å². The van der Waals surface area contributed by atoms with Gasteiger partial charge in [0.25, 0.3) is 5.91 Å². The molecule has 0 aromatic carbocycles. The third-order valence-corrected chi connectivity index (χ3v) is 6.49. The molecule has 6 nitrogen and oxygen atoms in total. The molecule has 2 atom stereocenters. The van der Waals surface area contributed by atoms with Crippen LogP contribution in [0.15, 0.2) is 5.16 Å². The number of likely N-dealkylation sites (N-methyl/N-ethyl adjacent to an activating group) is 1. The van der Waals surface area contributed by atoms with Crippen molar-refractivity contribution in [3.8, 4) is 0 Å². The monoisotopic (exact) mass is 348 g/mol. The first-order chi connectivity index (χ1) is 12.0. The fraction of sp³-hybridized carbons (Fsp3) is 0.842. The number of nitrogens with one attached hydrogen (secondary N) is 2. The molecule has 2 aliphatic carbocycles. The highest BCUT2D eigenvalue weighted by atomic mass is 16.4. The minimum absolute atomic E-state index is 0.0429. The Morgan fingerprint density at radius 2 is 1.96 bits per heavy atom. The molecule has 0 unspecified atom stereocenters. The van der Waals surface area contributed by atoms with Gasteiger partial charge in [-0.15, -0.1) is 0 Å². The van der Waals surface area contributed by atoms with Crippen LogP contribution in [0.5, 0.6) is 0 Å². The van der Waals surface area contributed by atoms with Gasteiger partial charge in [-0.3, -0.25) is 15.1 Å².